The minimum atomic E-state index is -0.563. The second-order valence-corrected chi connectivity index (χ2v) is 5.81. The molecule has 0 aromatic rings. The molecule has 0 bridgehead atoms. The number of hydrogen-bond acceptors (Lipinski definition) is 4. The molecule has 96 valence electrons. The third-order valence-corrected chi connectivity index (χ3v) is 3.95. The molecule has 0 aromatic heterocycles. The molecule has 0 aromatic carbocycles. The fourth-order valence-corrected chi connectivity index (χ4v) is 1.89. The molecular formula is C13H19BN2O2. The van der Waals surface area contributed by atoms with Gasteiger partial charge in [0.2, 0.25) is 0 Å². The Labute approximate surface area is 108 Å². The monoisotopic (exact) mass is 246 g/mol. The van der Waals surface area contributed by atoms with E-state index in [-0.39, 0.29) is 11.4 Å². The predicted molar refractivity (Wildman–Crippen MR) is 73.4 cm³/mol. The molecule has 0 spiro atoms. The van der Waals surface area contributed by atoms with Crippen LogP contribution in [0.4, 0.5) is 0 Å². The first kappa shape index (κ1) is 13.2. The molecule has 1 saturated heterocycles. The first-order valence-electron chi connectivity index (χ1n) is 6.08. The van der Waals surface area contributed by atoms with Crippen LogP contribution in [0.15, 0.2) is 23.2 Å². The first-order valence-corrected chi connectivity index (χ1v) is 6.08. The zero-order valence-corrected chi connectivity index (χ0v) is 11.5. The SMILES string of the molecule is CC1=CC=C(B2OC(C)(C)C(C)(C)O2)C(=N)C1=N. The molecule has 2 aliphatic rings. The van der Waals surface area contributed by atoms with Crippen LogP contribution < -0.4 is 0 Å². The van der Waals surface area contributed by atoms with Crippen molar-refractivity contribution < 1.29 is 9.31 Å². The Balaban J connectivity index is 2.31. The number of nitrogens with one attached hydrogen (secondary N) is 2. The van der Waals surface area contributed by atoms with E-state index in [1.807, 2.05) is 46.8 Å². The summed E-state index contributed by atoms with van der Waals surface area (Å²) in [5, 5.41) is 15.9. The first-order chi connectivity index (χ1) is 8.16. The van der Waals surface area contributed by atoms with Crippen LogP contribution in [-0.4, -0.2) is 29.7 Å². The van der Waals surface area contributed by atoms with Crippen LogP contribution in [0.1, 0.15) is 34.6 Å². The third-order valence-electron chi connectivity index (χ3n) is 3.95. The maximum atomic E-state index is 8.01. The van der Waals surface area contributed by atoms with Gasteiger partial charge in [-0.3, -0.25) is 10.8 Å². The summed E-state index contributed by atoms with van der Waals surface area (Å²) in [5.74, 6) is 0. The molecular weight excluding hydrogens is 227 g/mol. The molecule has 18 heavy (non-hydrogen) atoms. The van der Waals surface area contributed by atoms with E-state index < -0.39 is 18.3 Å². The molecule has 2 N–H and O–H groups in total. The lowest BCUT2D eigenvalue weighted by Crippen LogP contribution is -2.41. The summed E-state index contributed by atoms with van der Waals surface area (Å²) < 4.78 is 11.8. The van der Waals surface area contributed by atoms with Crippen LogP contribution in [0.25, 0.3) is 0 Å². The van der Waals surface area contributed by atoms with Gasteiger partial charge in [-0.1, -0.05) is 12.2 Å². The highest BCUT2D eigenvalue weighted by Crippen LogP contribution is 2.39. The Morgan fingerprint density at radius 1 is 0.944 bits per heavy atom. The van der Waals surface area contributed by atoms with E-state index in [2.05, 4.69) is 0 Å². The lowest BCUT2D eigenvalue weighted by atomic mass is 9.71. The van der Waals surface area contributed by atoms with Crippen molar-refractivity contribution in [2.24, 2.45) is 0 Å². The number of hydrogen-bond donors (Lipinski definition) is 2. The van der Waals surface area contributed by atoms with Crippen molar-refractivity contribution in [3.8, 4) is 0 Å². The Morgan fingerprint density at radius 3 is 1.94 bits per heavy atom. The molecule has 0 amide bonds. The zero-order valence-electron chi connectivity index (χ0n) is 11.5. The highest BCUT2D eigenvalue weighted by atomic mass is 16.7. The molecule has 0 unspecified atom stereocenters. The van der Waals surface area contributed by atoms with Gasteiger partial charge in [0.15, 0.2) is 0 Å². The summed E-state index contributed by atoms with van der Waals surface area (Å²) >= 11 is 0. The molecule has 2 rings (SSSR count). The molecule has 4 nitrogen and oxygen atoms in total. The molecule has 1 heterocycles. The van der Waals surface area contributed by atoms with E-state index in [1.165, 1.54) is 0 Å². The van der Waals surface area contributed by atoms with Crippen LogP contribution in [0, 0.1) is 10.8 Å². The van der Waals surface area contributed by atoms with Crippen molar-refractivity contribution in [1.82, 2.24) is 0 Å². The molecule has 1 aliphatic carbocycles. The fourth-order valence-electron chi connectivity index (χ4n) is 1.89. The molecule has 0 saturated carbocycles. The Hall–Kier alpha value is -1.20. The second-order valence-electron chi connectivity index (χ2n) is 5.81. The minimum absolute atomic E-state index is 0.188. The van der Waals surface area contributed by atoms with Gasteiger partial charge in [-0.2, -0.15) is 0 Å². The molecule has 1 fully saturated rings. The maximum absolute atomic E-state index is 8.01. The highest BCUT2D eigenvalue weighted by Gasteiger charge is 2.53. The molecule has 0 radical (unpaired) electrons. The maximum Gasteiger partial charge on any atom is 0.497 e. The van der Waals surface area contributed by atoms with E-state index in [1.54, 1.807) is 0 Å². The van der Waals surface area contributed by atoms with Crippen LogP contribution in [-0.2, 0) is 9.31 Å². The zero-order chi connectivity index (χ0) is 13.7. The molecule has 5 heteroatoms. The fraction of sp³-hybridized carbons (Fsp3) is 0.538. The highest BCUT2D eigenvalue weighted by molar-refractivity contribution is 6.72. The normalized spacial score (nSPS) is 26.2. The van der Waals surface area contributed by atoms with Gasteiger partial charge in [0.25, 0.3) is 0 Å². The summed E-state index contributed by atoms with van der Waals surface area (Å²) in [6, 6.07) is 0. The van der Waals surface area contributed by atoms with Crippen LogP contribution in [0.3, 0.4) is 0 Å². The van der Waals surface area contributed by atoms with Gasteiger partial charge < -0.3 is 9.31 Å². The van der Waals surface area contributed by atoms with E-state index in [4.69, 9.17) is 20.1 Å². The summed E-state index contributed by atoms with van der Waals surface area (Å²) in [5.41, 5.74) is 1.01. The quantitative estimate of drug-likeness (QED) is 0.551. The Bertz CT molecular complexity index is 473. The van der Waals surface area contributed by atoms with E-state index >= 15 is 0 Å². The third kappa shape index (κ3) is 1.87. The van der Waals surface area contributed by atoms with Gasteiger partial charge in [0.05, 0.1) is 22.6 Å². The Morgan fingerprint density at radius 2 is 1.44 bits per heavy atom. The minimum Gasteiger partial charge on any atom is -0.399 e. The van der Waals surface area contributed by atoms with Crippen molar-refractivity contribution >= 4 is 18.5 Å². The van der Waals surface area contributed by atoms with Gasteiger partial charge in [-0.15, -0.1) is 0 Å². The van der Waals surface area contributed by atoms with E-state index in [0.29, 0.717) is 5.47 Å². The average Bonchev–Trinajstić information content (AvgIpc) is 2.45. The van der Waals surface area contributed by atoms with E-state index in [0.717, 1.165) is 5.57 Å². The van der Waals surface area contributed by atoms with Crippen molar-refractivity contribution in [2.75, 3.05) is 0 Å². The number of rotatable bonds is 1. The van der Waals surface area contributed by atoms with Crippen molar-refractivity contribution in [2.45, 2.75) is 45.8 Å². The van der Waals surface area contributed by atoms with Gasteiger partial charge in [0.1, 0.15) is 0 Å². The lowest BCUT2D eigenvalue weighted by Gasteiger charge is -2.32. The van der Waals surface area contributed by atoms with Crippen LogP contribution >= 0.6 is 0 Å². The second kappa shape index (κ2) is 3.90. The van der Waals surface area contributed by atoms with Crippen molar-refractivity contribution in [3.05, 3.63) is 23.2 Å². The van der Waals surface area contributed by atoms with Crippen molar-refractivity contribution in [1.29, 1.82) is 10.8 Å². The lowest BCUT2D eigenvalue weighted by molar-refractivity contribution is 0.00578. The smallest absolute Gasteiger partial charge is 0.399 e. The standard InChI is InChI=1S/C13H19BN2O2/c1-8-6-7-9(11(16)10(8)15)14-17-12(2,3)13(4,5)18-14/h6-7,15-16H,1-5H3. The topological polar surface area (TPSA) is 66.2 Å². The van der Waals surface area contributed by atoms with Gasteiger partial charge in [-0.25, -0.2) is 0 Å². The van der Waals surface area contributed by atoms with E-state index in [9.17, 15) is 0 Å². The summed E-state index contributed by atoms with van der Waals surface area (Å²) in [6.45, 7) is 9.74. The van der Waals surface area contributed by atoms with Crippen molar-refractivity contribution in [3.63, 3.8) is 0 Å². The largest absolute Gasteiger partial charge is 0.497 e. The van der Waals surface area contributed by atoms with Crippen LogP contribution in [0.5, 0.6) is 0 Å². The predicted octanol–water partition coefficient (Wildman–Crippen LogP) is 2.54. The van der Waals surface area contributed by atoms with Gasteiger partial charge >= 0.3 is 7.12 Å². The van der Waals surface area contributed by atoms with Gasteiger partial charge in [-0.05, 0) is 40.2 Å². The van der Waals surface area contributed by atoms with Gasteiger partial charge in [0, 0.05) is 5.47 Å². The summed E-state index contributed by atoms with van der Waals surface area (Å²) in [4.78, 5) is 0. The Kier molecular flexibility index (Phi) is 2.87. The number of allylic oxidation sites excluding steroid dienone is 4. The molecule has 1 aliphatic heterocycles. The summed E-state index contributed by atoms with van der Waals surface area (Å²) in [6.07, 6.45) is 3.65. The molecule has 0 atom stereocenters. The van der Waals surface area contributed by atoms with Crippen LogP contribution in [0.2, 0.25) is 0 Å². The average molecular weight is 246 g/mol. The summed E-state index contributed by atoms with van der Waals surface area (Å²) in [7, 11) is -0.563.